The van der Waals surface area contributed by atoms with Crippen LogP contribution in [-0.2, 0) is 0 Å². The van der Waals surface area contributed by atoms with Crippen molar-refractivity contribution in [1.29, 1.82) is 11.1 Å². The van der Waals surface area contributed by atoms with Crippen LogP contribution in [-0.4, -0.2) is 8.80 Å². The van der Waals surface area contributed by atoms with Crippen molar-refractivity contribution in [2.75, 3.05) is 0 Å². The maximum absolute atomic E-state index is 5.50. The molecule has 0 atom stereocenters. The van der Waals surface area contributed by atoms with Gasteiger partial charge in [0.15, 0.2) is 0 Å². The van der Waals surface area contributed by atoms with Gasteiger partial charge in [-0.15, -0.1) is 0 Å². The van der Waals surface area contributed by atoms with E-state index in [1.165, 1.54) is 0 Å². The topological polar surface area (TPSA) is 61.8 Å². The van der Waals surface area contributed by atoms with Crippen molar-refractivity contribution in [2.24, 2.45) is 0 Å². The molecular weight excluding hydrogens is 205 g/mol. The Morgan fingerprint density at radius 3 is 1.38 bits per heavy atom. The minimum Gasteiger partial charge on any atom is -0.253 e. The molecule has 0 spiro atoms. The van der Waals surface area contributed by atoms with E-state index in [9.17, 15) is 0 Å². The zero-order valence-electron chi connectivity index (χ0n) is 10.0. The summed E-state index contributed by atoms with van der Waals surface area (Å²) in [5.74, 6) is 0. The SMILES string of the molecule is CC(C)[Si-](C)C(C)(C)C.N=[N+]=N.[K+]. The van der Waals surface area contributed by atoms with Gasteiger partial charge in [-0.1, -0.05) is 34.6 Å². The van der Waals surface area contributed by atoms with Gasteiger partial charge in [0.1, 0.15) is 11.1 Å². The van der Waals surface area contributed by atoms with Gasteiger partial charge in [0, 0.05) is 0 Å². The third kappa shape index (κ3) is 13.2. The molecule has 0 radical (unpaired) electrons. The number of nitrogens with one attached hydrogen (secondary N) is 2. The zero-order chi connectivity index (χ0) is 10.4. The van der Waals surface area contributed by atoms with Crippen molar-refractivity contribution < 1.29 is 51.4 Å². The standard InChI is InChI=1S/C8H19Si.K.H2N3/c1-7(2)9(6)8(3,4)5;;1-3-2/h7H,1-6H3;;1-2H/q-1;2*+1. The van der Waals surface area contributed by atoms with Gasteiger partial charge < -0.3 is 0 Å². The van der Waals surface area contributed by atoms with E-state index in [1.807, 2.05) is 4.91 Å². The summed E-state index contributed by atoms with van der Waals surface area (Å²) in [6, 6.07) is 0. The van der Waals surface area contributed by atoms with Crippen LogP contribution in [0, 0.1) is 11.1 Å². The number of hydrogen-bond donors (Lipinski definition) is 2. The van der Waals surface area contributed by atoms with Gasteiger partial charge in [-0.25, -0.2) is 0 Å². The van der Waals surface area contributed by atoms with Crippen molar-refractivity contribution in [3.8, 4) is 0 Å². The van der Waals surface area contributed by atoms with E-state index in [4.69, 9.17) is 11.1 Å². The van der Waals surface area contributed by atoms with Crippen LogP contribution in [0.25, 0.3) is 0 Å². The first-order chi connectivity index (χ1) is 5.27. The molecular formula is C8H21KN3Si+. The second kappa shape index (κ2) is 9.71. The Labute approximate surface area is 126 Å². The van der Waals surface area contributed by atoms with E-state index in [0.717, 1.165) is 5.54 Å². The van der Waals surface area contributed by atoms with E-state index in [0.29, 0.717) is 5.04 Å². The molecule has 0 amide bonds. The number of nitrogens with zero attached hydrogens (tertiary/aromatic N) is 1. The molecule has 0 aromatic rings. The Hall–Kier alpha value is 1.16. The molecule has 0 unspecified atom stereocenters. The van der Waals surface area contributed by atoms with Crippen LogP contribution in [0.3, 0.4) is 0 Å². The predicted molar refractivity (Wildman–Crippen MR) is 54.0 cm³/mol. The van der Waals surface area contributed by atoms with Crippen molar-refractivity contribution in [1.82, 2.24) is 4.91 Å². The van der Waals surface area contributed by atoms with Gasteiger partial charge in [-0.2, -0.15) is 17.1 Å². The molecule has 2 N–H and O–H groups in total. The average Bonchev–Trinajstić information content (AvgIpc) is 1.85. The molecule has 0 aliphatic rings. The van der Waals surface area contributed by atoms with Crippen LogP contribution in [0.4, 0.5) is 0 Å². The maximum Gasteiger partial charge on any atom is 1.00 e. The molecule has 0 aliphatic heterocycles. The minimum absolute atomic E-state index is 0. The molecule has 0 bridgehead atoms. The molecule has 0 heterocycles. The van der Waals surface area contributed by atoms with E-state index < -0.39 is 0 Å². The fourth-order valence-electron chi connectivity index (χ4n) is 0.866. The van der Waals surface area contributed by atoms with Crippen LogP contribution in [0.1, 0.15) is 34.6 Å². The second-order valence-electron chi connectivity index (χ2n) is 4.20. The van der Waals surface area contributed by atoms with Crippen molar-refractivity contribution in [2.45, 2.75) is 51.7 Å². The first-order valence-corrected chi connectivity index (χ1v) is 6.22. The summed E-state index contributed by atoms with van der Waals surface area (Å²) in [5.41, 5.74) is 11.9. The number of hydrogen-bond acceptors (Lipinski definition) is 2. The molecule has 0 saturated carbocycles. The van der Waals surface area contributed by atoms with Crippen LogP contribution in [0.5, 0.6) is 0 Å². The molecule has 13 heavy (non-hydrogen) atoms. The molecule has 0 saturated heterocycles. The fourth-order valence-corrected chi connectivity index (χ4v) is 2.60. The van der Waals surface area contributed by atoms with Crippen LogP contribution < -0.4 is 56.3 Å². The minimum atomic E-state index is -0.122. The zero-order valence-corrected chi connectivity index (χ0v) is 14.1. The van der Waals surface area contributed by atoms with Gasteiger partial charge in [-0.3, -0.25) is 8.80 Å². The monoisotopic (exact) mass is 226 g/mol. The summed E-state index contributed by atoms with van der Waals surface area (Å²) in [6.45, 7) is 14.1. The van der Waals surface area contributed by atoms with Gasteiger partial charge in [-0.05, 0) is 0 Å². The van der Waals surface area contributed by atoms with Gasteiger partial charge in [0.25, 0.3) is 0 Å². The smallest absolute Gasteiger partial charge is 0.253 e. The fraction of sp³-hybridized carbons (Fsp3) is 1.00. The Morgan fingerprint density at radius 1 is 1.15 bits per heavy atom. The Bertz CT molecular complexity index is 148. The first kappa shape index (κ1) is 19.7. The van der Waals surface area contributed by atoms with Gasteiger partial charge in [0.05, 0.1) is 0 Å². The summed E-state index contributed by atoms with van der Waals surface area (Å²) < 4.78 is 0. The number of rotatable bonds is 1. The van der Waals surface area contributed by atoms with E-state index in [1.54, 1.807) is 0 Å². The maximum atomic E-state index is 5.50. The average molecular weight is 226 g/mol. The van der Waals surface area contributed by atoms with Crippen LogP contribution in [0.15, 0.2) is 0 Å². The summed E-state index contributed by atoms with van der Waals surface area (Å²) in [4.78, 5) is 2.00. The molecule has 0 rings (SSSR count). The van der Waals surface area contributed by atoms with Crippen molar-refractivity contribution in [3.63, 3.8) is 0 Å². The second-order valence-corrected chi connectivity index (χ2v) is 8.22. The van der Waals surface area contributed by atoms with E-state index >= 15 is 0 Å². The Morgan fingerprint density at radius 2 is 1.38 bits per heavy atom. The molecule has 0 aliphatic carbocycles. The molecule has 0 aromatic carbocycles. The van der Waals surface area contributed by atoms with Crippen molar-refractivity contribution in [3.05, 3.63) is 0 Å². The molecule has 0 aromatic heterocycles. The normalized spacial score (nSPS) is 9.85. The third-order valence-corrected chi connectivity index (χ3v) is 6.15. The largest absolute Gasteiger partial charge is 1.00 e. The predicted octanol–water partition coefficient (Wildman–Crippen LogP) is 0.441. The van der Waals surface area contributed by atoms with Crippen LogP contribution >= 0.6 is 0 Å². The van der Waals surface area contributed by atoms with E-state index in [-0.39, 0.29) is 60.2 Å². The molecule has 3 nitrogen and oxygen atoms in total. The molecule has 72 valence electrons. The quantitative estimate of drug-likeness (QED) is 0.370. The van der Waals surface area contributed by atoms with Gasteiger partial charge in [0.2, 0.25) is 4.91 Å². The summed E-state index contributed by atoms with van der Waals surface area (Å²) in [7, 11) is -0.122. The summed E-state index contributed by atoms with van der Waals surface area (Å²) in [6.07, 6.45) is 0. The first-order valence-electron chi connectivity index (χ1n) is 4.14. The summed E-state index contributed by atoms with van der Waals surface area (Å²) >= 11 is 0. The Kier molecular flexibility index (Phi) is 14.7. The van der Waals surface area contributed by atoms with Gasteiger partial charge >= 0.3 is 51.4 Å². The van der Waals surface area contributed by atoms with Crippen LogP contribution in [0.2, 0.25) is 17.1 Å². The van der Waals surface area contributed by atoms with Crippen molar-refractivity contribution >= 4 is 8.80 Å². The van der Waals surface area contributed by atoms with E-state index in [2.05, 4.69) is 41.2 Å². The Balaban J connectivity index is -0.000000220. The third-order valence-electron chi connectivity index (χ3n) is 2.05. The molecule has 5 heteroatoms. The molecule has 0 fully saturated rings. The summed E-state index contributed by atoms with van der Waals surface area (Å²) in [5, 5.41) is 0.582.